The van der Waals surface area contributed by atoms with Crippen molar-refractivity contribution in [2.24, 2.45) is 0 Å². The number of oxazole rings is 2. The Bertz CT molecular complexity index is 2130. The van der Waals surface area contributed by atoms with E-state index in [4.69, 9.17) is 23.8 Å². The lowest BCUT2D eigenvalue weighted by Gasteiger charge is -2.19. The number of aromatic nitrogens is 3. The Labute approximate surface area is 333 Å². The SMILES string of the molecule is CC(C)(C)c1ccc(-c2nc(-c3cccc(-c4nc(-c5ccc(C(C)(C)C)cc5)c(-c5ccc(C(C)(C)C)cc5)o4)n3)oc2-c2ccc(C(C)(C)C)cc2)cc1. The van der Waals surface area contributed by atoms with Crippen LogP contribution in [0.2, 0.25) is 0 Å². The van der Waals surface area contributed by atoms with Crippen molar-refractivity contribution in [1.29, 1.82) is 0 Å². The molecule has 7 rings (SSSR count). The van der Waals surface area contributed by atoms with Crippen LogP contribution in [-0.4, -0.2) is 15.0 Å². The summed E-state index contributed by atoms with van der Waals surface area (Å²) in [5.74, 6) is 2.27. The molecule has 5 heteroatoms. The normalized spacial score (nSPS) is 12.6. The maximum absolute atomic E-state index is 6.68. The molecule has 0 fully saturated rings. The molecule has 0 unspecified atom stereocenters. The predicted molar refractivity (Wildman–Crippen MR) is 232 cm³/mol. The largest absolute Gasteiger partial charge is 0.434 e. The van der Waals surface area contributed by atoms with E-state index in [0.717, 1.165) is 33.6 Å². The lowest BCUT2D eigenvalue weighted by Crippen LogP contribution is -2.10. The lowest BCUT2D eigenvalue weighted by atomic mass is 9.86. The molecule has 3 aromatic heterocycles. The molecule has 0 aliphatic heterocycles. The van der Waals surface area contributed by atoms with E-state index in [1.807, 2.05) is 18.2 Å². The van der Waals surface area contributed by atoms with E-state index in [9.17, 15) is 0 Å². The molecule has 0 saturated heterocycles. The van der Waals surface area contributed by atoms with Gasteiger partial charge in [-0.15, -0.1) is 0 Å². The third kappa shape index (κ3) is 8.04. The van der Waals surface area contributed by atoms with Gasteiger partial charge in [-0.25, -0.2) is 15.0 Å². The van der Waals surface area contributed by atoms with Crippen LogP contribution in [0.1, 0.15) is 105 Å². The molecule has 5 nitrogen and oxygen atoms in total. The van der Waals surface area contributed by atoms with Crippen LogP contribution in [0.15, 0.2) is 124 Å². The summed E-state index contributed by atoms with van der Waals surface area (Å²) >= 11 is 0. The lowest BCUT2D eigenvalue weighted by molar-refractivity contribution is 0.579. The molecule has 0 spiro atoms. The third-order valence-corrected chi connectivity index (χ3v) is 10.5. The molecular formula is C51H55N3O2. The minimum absolute atomic E-state index is 0.0342. The van der Waals surface area contributed by atoms with E-state index in [-0.39, 0.29) is 21.7 Å². The highest BCUT2D eigenvalue weighted by Crippen LogP contribution is 2.40. The van der Waals surface area contributed by atoms with E-state index in [0.29, 0.717) is 34.7 Å². The van der Waals surface area contributed by atoms with E-state index >= 15 is 0 Å². The van der Waals surface area contributed by atoms with Gasteiger partial charge in [-0.2, -0.15) is 0 Å². The zero-order valence-corrected chi connectivity index (χ0v) is 35.1. The number of hydrogen-bond acceptors (Lipinski definition) is 5. The van der Waals surface area contributed by atoms with Crippen molar-refractivity contribution in [3.63, 3.8) is 0 Å². The summed E-state index contributed by atoms with van der Waals surface area (Å²) in [7, 11) is 0. The summed E-state index contributed by atoms with van der Waals surface area (Å²) < 4.78 is 13.4. The van der Waals surface area contributed by atoms with Crippen molar-refractivity contribution in [3.05, 3.63) is 138 Å². The Morgan fingerprint density at radius 3 is 0.857 bits per heavy atom. The van der Waals surface area contributed by atoms with Gasteiger partial charge in [-0.1, -0.05) is 186 Å². The van der Waals surface area contributed by atoms with Gasteiger partial charge in [-0.05, 0) is 56.0 Å². The first kappa shape index (κ1) is 38.7. The van der Waals surface area contributed by atoms with E-state index in [1.54, 1.807) is 0 Å². The molecule has 0 atom stereocenters. The van der Waals surface area contributed by atoms with Gasteiger partial charge >= 0.3 is 0 Å². The van der Waals surface area contributed by atoms with Gasteiger partial charge in [0.25, 0.3) is 0 Å². The van der Waals surface area contributed by atoms with Crippen LogP contribution in [-0.2, 0) is 21.7 Å². The summed E-state index contributed by atoms with van der Waals surface area (Å²) in [6.07, 6.45) is 0. The van der Waals surface area contributed by atoms with Gasteiger partial charge in [0.05, 0.1) is 0 Å². The fourth-order valence-corrected chi connectivity index (χ4v) is 6.81. The fraction of sp³-hybridized carbons (Fsp3) is 0.314. The molecule has 56 heavy (non-hydrogen) atoms. The molecule has 0 aliphatic carbocycles. The Morgan fingerprint density at radius 1 is 0.321 bits per heavy atom. The maximum Gasteiger partial charge on any atom is 0.246 e. The number of pyridine rings is 1. The van der Waals surface area contributed by atoms with Crippen molar-refractivity contribution in [1.82, 2.24) is 15.0 Å². The van der Waals surface area contributed by atoms with Crippen molar-refractivity contribution in [3.8, 4) is 68.3 Å². The Morgan fingerprint density at radius 2 is 0.589 bits per heavy atom. The van der Waals surface area contributed by atoms with Crippen LogP contribution in [0.5, 0.6) is 0 Å². The van der Waals surface area contributed by atoms with E-state index < -0.39 is 0 Å². The highest BCUT2D eigenvalue weighted by atomic mass is 16.4. The molecule has 0 amide bonds. The van der Waals surface area contributed by atoms with Crippen molar-refractivity contribution in [2.45, 2.75) is 105 Å². The molecule has 0 radical (unpaired) electrons. The van der Waals surface area contributed by atoms with Crippen LogP contribution in [0.25, 0.3) is 68.3 Å². The summed E-state index contributed by atoms with van der Waals surface area (Å²) in [6.45, 7) is 26.7. The minimum atomic E-state index is 0.0342. The van der Waals surface area contributed by atoms with Crippen LogP contribution >= 0.6 is 0 Å². The van der Waals surface area contributed by atoms with Crippen LogP contribution in [0.4, 0.5) is 0 Å². The minimum Gasteiger partial charge on any atom is -0.434 e. The first-order valence-corrected chi connectivity index (χ1v) is 19.7. The number of hydrogen-bond donors (Lipinski definition) is 0. The molecular weight excluding hydrogens is 687 g/mol. The zero-order valence-electron chi connectivity index (χ0n) is 35.1. The first-order valence-electron chi connectivity index (χ1n) is 19.7. The quantitative estimate of drug-likeness (QED) is 0.170. The van der Waals surface area contributed by atoms with Gasteiger partial charge in [0.1, 0.15) is 22.8 Å². The topological polar surface area (TPSA) is 65.0 Å². The average Bonchev–Trinajstić information content (AvgIpc) is 3.80. The molecule has 286 valence electrons. The Balaban J connectivity index is 1.32. The second kappa shape index (κ2) is 14.2. The molecule has 0 bridgehead atoms. The molecule has 0 aliphatic rings. The standard InChI is InChI=1S/C51H55N3O2/c1-48(2,3)36-24-16-32(17-25-36)42-44(34-20-28-38(29-21-34)50(7,8)9)55-46(53-42)40-14-13-15-41(52-40)47-54-43(33-18-26-37(27-19-33)49(4,5)6)45(56-47)35-22-30-39(31-23-35)51(10,11)12/h13-31H,1-12H3. The summed E-state index contributed by atoms with van der Waals surface area (Å²) in [5, 5.41) is 0. The molecule has 0 N–H and O–H groups in total. The summed E-state index contributed by atoms with van der Waals surface area (Å²) in [4.78, 5) is 15.3. The highest BCUT2D eigenvalue weighted by Gasteiger charge is 2.25. The van der Waals surface area contributed by atoms with Crippen LogP contribution < -0.4 is 0 Å². The summed E-state index contributed by atoms with van der Waals surface area (Å²) in [5.41, 5.74) is 11.8. The maximum atomic E-state index is 6.68. The number of benzene rings is 4. The average molecular weight is 742 g/mol. The molecule has 0 saturated carbocycles. The van der Waals surface area contributed by atoms with E-state index in [2.05, 4.69) is 180 Å². The summed E-state index contributed by atoms with van der Waals surface area (Å²) in [6, 6.07) is 40.3. The van der Waals surface area contributed by atoms with Crippen LogP contribution in [0.3, 0.4) is 0 Å². The van der Waals surface area contributed by atoms with E-state index in [1.165, 1.54) is 22.3 Å². The van der Waals surface area contributed by atoms with Gasteiger partial charge in [0.15, 0.2) is 11.5 Å². The van der Waals surface area contributed by atoms with Crippen LogP contribution in [0, 0.1) is 0 Å². The number of rotatable bonds is 6. The fourth-order valence-electron chi connectivity index (χ4n) is 6.81. The Kier molecular flexibility index (Phi) is 9.81. The smallest absolute Gasteiger partial charge is 0.246 e. The third-order valence-electron chi connectivity index (χ3n) is 10.5. The predicted octanol–water partition coefficient (Wildman–Crippen LogP) is 14.2. The van der Waals surface area contributed by atoms with Crippen molar-refractivity contribution < 1.29 is 8.83 Å². The Hall–Kier alpha value is -5.55. The monoisotopic (exact) mass is 741 g/mol. The second-order valence-corrected chi connectivity index (χ2v) is 19.1. The molecule has 3 heterocycles. The zero-order chi connectivity index (χ0) is 40.2. The van der Waals surface area contributed by atoms with Gasteiger partial charge in [0.2, 0.25) is 11.8 Å². The van der Waals surface area contributed by atoms with Gasteiger partial charge < -0.3 is 8.83 Å². The first-order chi connectivity index (χ1) is 26.3. The second-order valence-electron chi connectivity index (χ2n) is 19.1. The molecule has 4 aromatic carbocycles. The van der Waals surface area contributed by atoms with Crippen molar-refractivity contribution in [2.75, 3.05) is 0 Å². The molecule has 7 aromatic rings. The van der Waals surface area contributed by atoms with Gasteiger partial charge in [-0.3, -0.25) is 0 Å². The van der Waals surface area contributed by atoms with Crippen molar-refractivity contribution >= 4 is 0 Å². The number of nitrogens with zero attached hydrogens (tertiary/aromatic N) is 3. The van der Waals surface area contributed by atoms with Gasteiger partial charge in [0, 0.05) is 22.3 Å². The highest BCUT2D eigenvalue weighted by molar-refractivity contribution is 5.81.